The normalized spacial score (nSPS) is 14.1. The molecule has 0 aromatic heterocycles. The number of hydrogen-bond donors (Lipinski definition) is 1. The van der Waals surface area contributed by atoms with Crippen LogP contribution in [0.3, 0.4) is 0 Å². The first kappa shape index (κ1) is 27.2. The molecule has 4 rings (SSSR count). The number of nitrogens with one attached hydrogen (secondary N) is 1. The molecule has 9 heteroatoms. The summed E-state index contributed by atoms with van der Waals surface area (Å²) in [6.45, 7) is 3.78. The van der Waals surface area contributed by atoms with Gasteiger partial charge in [-0.3, -0.25) is 14.5 Å². The van der Waals surface area contributed by atoms with Crippen molar-refractivity contribution < 1.29 is 19.1 Å². The number of thiocarbonyl (C=S) groups is 1. The van der Waals surface area contributed by atoms with Crippen LogP contribution in [0.2, 0.25) is 0 Å². The fourth-order valence-corrected chi connectivity index (χ4v) is 5.15. The minimum atomic E-state index is -0.271. The molecule has 1 aliphatic heterocycles. The summed E-state index contributed by atoms with van der Waals surface area (Å²) in [4.78, 5) is 29.7. The monoisotopic (exact) mass is 547 g/mol. The summed E-state index contributed by atoms with van der Waals surface area (Å²) >= 11 is 6.75. The molecular formula is C29H29N3O4S2. The Morgan fingerprint density at radius 1 is 1.08 bits per heavy atom. The number of rotatable bonds is 8. The molecular weight excluding hydrogens is 518 g/mol. The lowest BCUT2D eigenvalue weighted by molar-refractivity contribution is -0.118. The van der Waals surface area contributed by atoms with Crippen LogP contribution in [0.5, 0.6) is 11.5 Å². The molecule has 1 fully saturated rings. The maximum Gasteiger partial charge on any atom is 0.270 e. The van der Waals surface area contributed by atoms with Crippen molar-refractivity contribution >= 4 is 63.3 Å². The number of carbonyl (C=O) groups excluding carboxylic acids is 2. The Morgan fingerprint density at radius 3 is 2.50 bits per heavy atom. The van der Waals surface area contributed by atoms with Gasteiger partial charge in [0, 0.05) is 25.5 Å². The number of amides is 2. The third-order valence-electron chi connectivity index (χ3n) is 6.14. The topological polar surface area (TPSA) is 71.1 Å². The van der Waals surface area contributed by atoms with Crippen LogP contribution < -0.4 is 24.6 Å². The molecule has 1 saturated heterocycles. The van der Waals surface area contributed by atoms with Crippen molar-refractivity contribution in [3.05, 3.63) is 82.3 Å². The van der Waals surface area contributed by atoms with Crippen molar-refractivity contribution in [2.75, 3.05) is 42.9 Å². The fourth-order valence-electron chi connectivity index (χ4n) is 3.85. The highest BCUT2D eigenvalue weighted by molar-refractivity contribution is 8.27. The number of aryl methyl sites for hydroxylation is 1. The second-order valence-electron chi connectivity index (χ2n) is 8.92. The molecule has 0 spiro atoms. The van der Waals surface area contributed by atoms with Gasteiger partial charge in [0.05, 0.1) is 17.7 Å². The highest BCUT2D eigenvalue weighted by Gasteiger charge is 2.33. The van der Waals surface area contributed by atoms with Crippen LogP contribution in [0.1, 0.15) is 16.7 Å². The van der Waals surface area contributed by atoms with E-state index in [2.05, 4.69) is 5.32 Å². The smallest absolute Gasteiger partial charge is 0.270 e. The summed E-state index contributed by atoms with van der Waals surface area (Å²) < 4.78 is 11.7. The van der Waals surface area contributed by atoms with Gasteiger partial charge in [0.1, 0.15) is 0 Å². The highest BCUT2D eigenvalue weighted by Crippen LogP contribution is 2.37. The molecule has 3 aromatic carbocycles. The number of benzene rings is 3. The largest absolute Gasteiger partial charge is 0.493 e. The van der Waals surface area contributed by atoms with Gasteiger partial charge in [-0.1, -0.05) is 42.2 Å². The molecule has 1 heterocycles. The number of nitrogens with zero attached hydrogens (tertiary/aromatic N) is 2. The highest BCUT2D eigenvalue weighted by atomic mass is 32.2. The standard InChI is InChI=1S/C29H29N3O4S2/c1-18-7-6-8-23(19(18)2)30-27(33)17-36-24-14-9-20(15-25(24)35-5)16-26-28(34)32(29(37)38-26)22-12-10-21(11-13-22)31(3)4/h6-16H,17H2,1-5H3,(H,30,33)/b26-16-. The molecule has 38 heavy (non-hydrogen) atoms. The Morgan fingerprint density at radius 2 is 1.82 bits per heavy atom. The van der Waals surface area contributed by atoms with Gasteiger partial charge in [0.25, 0.3) is 11.8 Å². The van der Waals surface area contributed by atoms with Gasteiger partial charge in [-0.25, -0.2) is 0 Å². The molecule has 3 aromatic rings. The van der Waals surface area contributed by atoms with Crippen molar-refractivity contribution in [2.45, 2.75) is 13.8 Å². The van der Waals surface area contributed by atoms with E-state index in [0.29, 0.717) is 20.7 Å². The zero-order valence-corrected chi connectivity index (χ0v) is 23.5. The minimum Gasteiger partial charge on any atom is -0.493 e. The summed E-state index contributed by atoms with van der Waals surface area (Å²) in [6.07, 6.45) is 1.77. The molecule has 1 N–H and O–H groups in total. The van der Waals surface area contributed by atoms with Gasteiger partial charge < -0.3 is 19.7 Å². The molecule has 0 bridgehead atoms. The van der Waals surface area contributed by atoms with E-state index in [-0.39, 0.29) is 18.4 Å². The van der Waals surface area contributed by atoms with Crippen LogP contribution in [-0.4, -0.2) is 43.9 Å². The van der Waals surface area contributed by atoms with Crippen LogP contribution in [-0.2, 0) is 9.59 Å². The van der Waals surface area contributed by atoms with Gasteiger partial charge >= 0.3 is 0 Å². The van der Waals surface area contributed by atoms with Crippen molar-refractivity contribution in [1.29, 1.82) is 0 Å². The molecule has 7 nitrogen and oxygen atoms in total. The van der Waals surface area contributed by atoms with E-state index in [4.69, 9.17) is 21.7 Å². The van der Waals surface area contributed by atoms with Crippen LogP contribution in [0.4, 0.5) is 17.1 Å². The van der Waals surface area contributed by atoms with E-state index in [1.165, 1.54) is 23.8 Å². The van der Waals surface area contributed by atoms with Crippen LogP contribution >= 0.6 is 24.0 Å². The number of anilines is 3. The molecule has 2 amide bonds. The molecule has 0 radical (unpaired) electrons. The molecule has 0 aliphatic carbocycles. The molecule has 0 saturated carbocycles. The average Bonchev–Trinajstić information content (AvgIpc) is 3.18. The Kier molecular flexibility index (Phi) is 8.38. The quantitative estimate of drug-likeness (QED) is 0.282. The van der Waals surface area contributed by atoms with Gasteiger partial charge in [0.15, 0.2) is 22.4 Å². The first-order chi connectivity index (χ1) is 18.2. The molecule has 196 valence electrons. The third-order valence-corrected chi connectivity index (χ3v) is 7.44. The van der Waals surface area contributed by atoms with Crippen molar-refractivity contribution in [2.24, 2.45) is 0 Å². The number of ether oxygens (including phenoxy) is 2. The zero-order chi connectivity index (χ0) is 27.4. The van der Waals surface area contributed by atoms with E-state index in [1.807, 2.05) is 75.3 Å². The predicted molar refractivity (Wildman–Crippen MR) is 159 cm³/mol. The van der Waals surface area contributed by atoms with E-state index in [0.717, 1.165) is 33.8 Å². The van der Waals surface area contributed by atoms with Gasteiger partial charge in [0.2, 0.25) is 0 Å². The second-order valence-corrected chi connectivity index (χ2v) is 10.6. The van der Waals surface area contributed by atoms with Gasteiger partial charge in [-0.15, -0.1) is 0 Å². The Hall–Kier alpha value is -3.82. The second kappa shape index (κ2) is 11.7. The summed E-state index contributed by atoms with van der Waals surface area (Å²) in [5, 5.41) is 2.88. The van der Waals surface area contributed by atoms with Crippen molar-refractivity contribution in [3.63, 3.8) is 0 Å². The van der Waals surface area contributed by atoms with Crippen molar-refractivity contribution in [3.8, 4) is 11.5 Å². The maximum atomic E-state index is 13.2. The first-order valence-corrected chi connectivity index (χ1v) is 13.1. The predicted octanol–water partition coefficient (Wildman–Crippen LogP) is 5.80. The molecule has 1 aliphatic rings. The Labute approximate surface area is 232 Å². The molecule has 0 atom stereocenters. The SMILES string of the molecule is COc1cc(/C=C2\SC(=S)N(c3ccc(N(C)C)cc3)C2=O)ccc1OCC(=O)Nc1cccc(C)c1C. The Balaban J connectivity index is 1.45. The van der Waals surface area contributed by atoms with Crippen LogP contribution in [0.25, 0.3) is 6.08 Å². The summed E-state index contributed by atoms with van der Waals surface area (Å²) in [5.74, 6) is 0.425. The average molecular weight is 548 g/mol. The summed E-state index contributed by atoms with van der Waals surface area (Å²) in [6, 6.07) is 18.7. The maximum absolute atomic E-state index is 13.2. The lowest BCUT2D eigenvalue weighted by Gasteiger charge is -2.17. The lowest BCUT2D eigenvalue weighted by Crippen LogP contribution is -2.27. The molecule has 0 unspecified atom stereocenters. The first-order valence-electron chi connectivity index (χ1n) is 11.9. The lowest BCUT2D eigenvalue weighted by atomic mass is 10.1. The Bertz CT molecular complexity index is 1420. The van der Waals surface area contributed by atoms with Gasteiger partial charge in [-0.2, -0.15) is 0 Å². The number of carbonyl (C=O) groups is 2. The van der Waals surface area contributed by atoms with E-state index >= 15 is 0 Å². The van der Waals surface area contributed by atoms with Gasteiger partial charge in [-0.05, 0) is 79.1 Å². The number of methoxy groups -OCH3 is 1. The minimum absolute atomic E-state index is 0.172. The van der Waals surface area contributed by atoms with Crippen molar-refractivity contribution in [1.82, 2.24) is 0 Å². The zero-order valence-electron chi connectivity index (χ0n) is 21.9. The number of hydrogen-bond acceptors (Lipinski definition) is 7. The van der Waals surface area contributed by atoms with Crippen LogP contribution in [0.15, 0.2) is 65.6 Å². The van der Waals surface area contributed by atoms with Crippen LogP contribution in [0, 0.1) is 13.8 Å². The fraction of sp³-hybridized carbons (Fsp3) is 0.207. The van der Waals surface area contributed by atoms with E-state index < -0.39 is 0 Å². The third kappa shape index (κ3) is 6.00. The van der Waals surface area contributed by atoms with E-state index in [9.17, 15) is 9.59 Å². The number of thioether (sulfide) groups is 1. The van der Waals surface area contributed by atoms with E-state index in [1.54, 1.807) is 24.3 Å². The summed E-state index contributed by atoms with van der Waals surface area (Å²) in [7, 11) is 5.45. The summed E-state index contributed by atoms with van der Waals surface area (Å²) in [5.41, 5.74) is 5.37.